The maximum absolute atomic E-state index is 5.73. The van der Waals surface area contributed by atoms with Crippen LogP contribution in [0.4, 0.5) is 0 Å². The third-order valence-electron chi connectivity index (χ3n) is 3.09. The molecule has 0 radical (unpaired) electrons. The molecule has 0 aromatic heterocycles. The second kappa shape index (κ2) is 4.22. The van der Waals surface area contributed by atoms with Crippen molar-refractivity contribution >= 4 is 15.9 Å². The van der Waals surface area contributed by atoms with Gasteiger partial charge in [0.1, 0.15) is 12.4 Å². The third-order valence-corrected chi connectivity index (χ3v) is 3.61. The van der Waals surface area contributed by atoms with E-state index in [0.717, 1.165) is 16.6 Å². The Labute approximate surface area is 103 Å². The maximum atomic E-state index is 5.73. The summed E-state index contributed by atoms with van der Waals surface area (Å²) in [6, 6.07) is 7.92. The van der Waals surface area contributed by atoms with E-state index in [4.69, 9.17) is 9.47 Å². The standard InChI is InChI=1S/C13H13BrO2/c14-10-1-3-11(4-2-10)15-8-9-7-12-5-6-13(9)16-12/h1-4,7,12-13H,5-6,8H2. The van der Waals surface area contributed by atoms with Gasteiger partial charge in [0.15, 0.2) is 0 Å². The summed E-state index contributed by atoms with van der Waals surface area (Å²) in [6.45, 7) is 0.656. The average Bonchev–Trinajstić information content (AvgIpc) is 2.90. The van der Waals surface area contributed by atoms with Gasteiger partial charge in [0.2, 0.25) is 0 Å². The average molecular weight is 281 g/mol. The smallest absolute Gasteiger partial charge is 0.119 e. The number of ether oxygens (including phenoxy) is 2. The molecule has 1 saturated heterocycles. The molecule has 0 amide bonds. The lowest BCUT2D eigenvalue weighted by atomic mass is 10.0. The SMILES string of the molecule is Brc1ccc(OCC2=CC3CCC2O3)cc1. The summed E-state index contributed by atoms with van der Waals surface area (Å²) in [4.78, 5) is 0. The fourth-order valence-electron chi connectivity index (χ4n) is 2.24. The Bertz CT molecular complexity index is 410. The van der Waals surface area contributed by atoms with Gasteiger partial charge in [0, 0.05) is 4.47 Å². The minimum absolute atomic E-state index is 0.320. The lowest BCUT2D eigenvalue weighted by Crippen LogP contribution is -2.12. The van der Waals surface area contributed by atoms with Crippen LogP contribution >= 0.6 is 15.9 Å². The van der Waals surface area contributed by atoms with Crippen LogP contribution in [0.2, 0.25) is 0 Å². The molecule has 84 valence electrons. The molecule has 2 bridgehead atoms. The molecule has 0 aliphatic carbocycles. The number of hydrogen-bond donors (Lipinski definition) is 0. The molecule has 16 heavy (non-hydrogen) atoms. The number of hydrogen-bond acceptors (Lipinski definition) is 2. The molecule has 0 saturated carbocycles. The minimum Gasteiger partial charge on any atom is -0.489 e. The molecule has 1 aromatic rings. The molecule has 2 heterocycles. The second-order valence-electron chi connectivity index (χ2n) is 4.22. The van der Waals surface area contributed by atoms with Gasteiger partial charge in [0.25, 0.3) is 0 Å². The quantitative estimate of drug-likeness (QED) is 0.791. The predicted octanol–water partition coefficient (Wildman–Crippen LogP) is 3.32. The van der Waals surface area contributed by atoms with Crippen molar-refractivity contribution in [2.75, 3.05) is 6.61 Å². The van der Waals surface area contributed by atoms with Crippen molar-refractivity contribution in [3.05, 3.63) is 40.4 Å². The Kier molecular flexibility index (Phi) is 2.74. The fraction of sp³-hybridized carbons (Fsp3) is 0.385. The van der Waals surface area contributed by atoms with Crippen molar-refractivity contribution in [2.24, 2.45) is 0 Å². The van der Waals surface area contributed by atoms with Crippen molar-refractivity contribution in [3.8, 4) is 5.75 Å². The van der Waals surface area contributed by atoms with E-state index in [2.05, 4.69) is 22.0 Å². The van der Waals surface area contributed by atoms with Gasteiger partial charge in [-0.25, -0.2) is 0 Å². The Morgan fingerprint density at radius 1 is 1.25 bits per heavy atom. The van der Waals surface area contributed by atoms with Gasteiger partial charge in [-0.3, -0.25) is 0 Å². The highest BCUT2D eigenvalue weighted by Crippen LogP contribution is 2.33. The summed E-state index contributed by atoms with van der Waals surface area (Å²) in [5.74, 6) is 0.909. The molecule has 0 N–H and O–H groups in total. The normalized spacial score (nSPS) is 26.9. The van der Waals surface area contributed by atoms with E-state index in [-0.39, 0.29) is 0 Å². The van der Waals surface area contributed by atoms with E-state index in [0.29, 0.717) is 18.8 Å². The zero-order chi connectivity index (χ0) is 11.0. The van der Waals surface area contributed by atoms with Crippen LogP contribution < -0.4 is 4.74 Å². The van der Waals surface area contributed by atoms with Crippen LogP contribution in [0.3, 0.4) is 0 Å². The van der Waals surface area contributed by atoms with E-state index in [1.165, 1.54) is 12.0 Å². The zero-order valence-corrected chi connectivity index (χ0v) is 10.4. The van der Waals surface area contributed by atoms with Gasteiger partial charge in [-0.1, -0.05) is 22.0 Å². The first-order valence-electron chi connectivity index (χ1n) is 5.56. The Morgan fingerprint density at radius 3 is 2.69 bits per heavy atom. The van der Waals surface area contributed by atoms with Gasteiger partial charge in [-0.15, -0.1) is 0 Å². The molecular formula is C13H13BrO2. The molecule has 2 atom stereocenters. The molecule has 2 unspecified atom stereocenters. The summed E-state index contributed by atoms with van der Waals surface area (Å²) < 4.78 is 12.5. The van der Waals surface area contributed by atoms with Gasteiger partial charge in [0.05, 0.1) is 12.2 Å². The maximum Gasteiger partial charge on any atom is 0.119 e. The van der Waals surface area contributed by atoms with Crippen molar-refractivity contribution in [1.29, 1.82) is 0 Å². The topological polar surface area (TPSA) is 18.5 Å². The van der Waals surface area contributed by atoms with E-state index in [9.17, 15) is 0 Å². The van der Waals surface area contributed by atoms with Crippen LogP contribution in [0, 0.1) is 0 Å². The van der Waals surface area contributed by atoms with E-state index in [1.807, 2.05) is 24.3 Å². The highest BCUT2D eigenvalue weighted by atomic mass is 79.9. The lowest BCUT2D eigenvalue weighted by molar-refractivity contribution is 0.111. The molecule has 3 rings (SSSR count). The largest absolute Gasteiger partial charge is 0.489 e. The summed E-state index contributed by atoms with van der Waals surface area (Å²) in [5.41, 5.74) is 1.30. The van der Waals surface area contributed by atoms with Crippen LogP contribution in [0.5, 0.6) is 5.75 Å². The molecule has 0 spiro atoms. The third kappa shape index (κ3) is 2.02. The van der Waals surface area contributed by atoms with Gasteiger partial charge in [-0.2, -0.15) is 0 Å². The summed E-state index contributed by atoms with van der Waals surface area (Å²) >= 11 is 3.40. The van der Waals surface area contributed by atoms with Crippen molar-refractivity contribution in [2.45, 2.75) is 25.0 Å². The number of benzene rings is 1. The minimum atomic E-state index is 0.320. The number of halogens is 1. The molecular weight excluding hydrogens is 268 g/mol. The first kappa shape index (κ1) is 10.4. The van der Waals surface area contributed by atoms with Gasteiger partial charge in [-0.05, 0) is 42.7 Å². The highest BCUT2D eigenvalue weighted by Gasteiger charge is 2.33. The van der Waals surface area contributed by atoms with Crippen LogP contribution in [-0.2, 0) is 4.74 Å². The fourth-order valence-corrected chi connectivity index (χ4v) is 2.51. The zero-order valence-electron chi connectivity index (χ0n) is 8.86. The van der Waals surface area contributed by atoms with E-state index < -0.39 is 0 Å². The van der Waals surface area contributed by atoms with Crippen molar-refractivity contribution in [1.82, 2.24) is 0 Å². The van der Waals surface area contributed by atoms with Gasteiger partial charge < -0.3 is 9.47 Å². The second-order valence-corrected chi connectivity index (χ2v) is 5.14. The Hall–Kier alpha value is -0.800. The van der Waals surface area contributed by atoms with Gasteiger partial charge >= 0.3 is 0 Å². The molecule has 2 aliphatic rings. The monoisotopic (exact) mass is 280 g/mol. The van der Waals surface area contributed by atoms with Crippen LogP contribution in [0.1, 0.15) is 12.8 Å². The number of rotatable bonds is 3. The molecule has 2 nitrogen and oxygen atoms in total. The first-order valence-corrected chi connectivity index (χ1v) is 6.35. The predicted molar refractivity (Wildman–Crippen MR) is 65.6 cm³/mol. The Morgan fingerprint density at radius 2 is 2.06 bits per heavy atom. The van der Waals surface area contributed by atoms with E-state index >= 15 is 0 Å². The lowest BCUT2D eigenvalue weighted by Gasteiger charge is -2.12. The highest BCUT2D eigenvalue weighted by molar-refractivity contribution is 9.10. The van der Waals surface area contributed by atoms with Crippen molar-refractivity contribution < 1.29 is 9.47 Å². The molecule has 2 aliphatic heterocycles. The first-order chi connectivity index (χ1) is 7.81. The van der Waals surface area contributed by atoms with E-state index in [1.54, 1.807) is 0 Å². The molecule has 1 aromatic carbocycles. The van der Waals surface area contributed by atoms with Crippen LogP contribution in [-0.4, -0.2) is 18.8 Å². The molecule has 3 heteroatoms. The molecule has 1 fully saturated rings. The Balaban J connectivity index is 1.61. The van der Waals surface area contributed by atoms with Crippen molar-refractivity contribution in [3.63, 3.8) is 0 Å². The van der Waals surface area contributed by atoms with Crippen LogP contribution in [0.15, 0.2) is 40.4 Å². The number of fused-ring (bicyclic) bond motifs is 2. The summed E-state index contributed by atoms with van der Waals surface area (Å²) in [7, 11) is 0. The summed E-state index contributed by atoms with van der Waals surface area (Å²) in [6.07, 6.45) is 5.22. The van der Waals surface area contributed by atoms with Crippen LogP contribution in [0.25, 0.3) is 0 Å². The summed E-state index contributed by atoms with van der Waals surface area (Å²) in [5, 5.41) is 0.